The first-order valence-corrected chi connectivity index (χ1v) is 8.78. The van der Waals surface area contributed by atoms with Crippen LogP contribution in [0.5, 0.6) is 0 Å². The van der Waals surface area contributed by atoms with Crippen molar-refractivity contribution >= 4 is 22.7 Å². The van der Waals surface area contributed by atoms with Crippen LogP contribution in [0.15, 0.2) is 84.9 Å². The minimum Gasteiger partial charge on any atom is -0.304 e. The molecule has 4 rings (SSSR count). The van der Waals surface area contributed by atoms with E-state index in [1.807, 2.05) is 60.7 Å². The third-order valence-electron chi connectivity index (χ3n) is 4.77. The molecule has 0 aromatic heterocycles. The van der Waals surface area contributed by atoms with Gasteiger partial charge in [0.1, 0.15) is 0 Å². The zero-order valence-electron chi connectivity index (χ0n) is 14.8. The van der Waals surface area contributed by atoms with Gasteiger partial charge in [-0.05, 0) is 41.0 Å². The summed E-state index contributed by atoms with van der Waals surface area (Å²) in [5.74, 6) is -0.218. The lowest BCUT2D eigenvalue weighted by Gasteiger charge is -2.18. The third-order valence-corrected chi connectivity index (χ3v) is 4.77. The van der Waals surface area contributed by atoms with Crippen molar-refractivity contribution in [2.24, 2.45) is 0 Å². The van der Waals surface area contributed by atoms with E-state index in [1.54, 1.807) is 0 Å². The van der Waals surface area contributed by atoms with Crippen LogP contribution < -0.4 is 4.90 Å². The Morgan fingerprint density at radius 3 is 1.79 bits per heavy atom. The molecular weight excluding hydrogens is 363 g/mol. The van der Waals surface area contributed by atoms with E-state index in [0.717, 1.165) is 28.8 Å². The first-order valence-electron chi connectivity index (χ1n) is 8.78. The van der Waals surface area contributed by atoms with Gasteiger partial charge in [-0.1, -0.05) is 60.7 Å². The van der Waals surface area contributed by atoms with Crippen LogP contribution in [0, 0.1) is 0 Å². The van der Waals surface area contributed by atoms with Gasteiger partial charge in [-0.3, -0.25) is 4.79 Å². The molecule has 0 aliphatic carbocycles. The highest BCUT2D eigenvalue weighted by Crippen LogP contribution is 2.38. The molecule has 0 unspecified atom stereocenters. The second-order valence-electron chi connectivity index (χ2n) is 6.52. The Morgan fingerprint density at radius 2 is 1.25 bits per heavy atom. The lowest BCUT2D eigenvalue weighted by Crippen LogP contribution is -2.26. The second-order valence-corrected chi connectivity index (χ2v) is 6.52. The molecule has 0 bridgehead atoms. The van der Waals surface area contributed by atoms with Crippen LogP contribution in [0.1, 0.15) is 16.7 Å². The Labute approximate surface area is 160 Å². The highest BCUT2D eigenvalue weighted by atomic mass is 19.4. The largest absolute Gasteiger partial charge is 0.416 e. The molecule has 0 saturated carbocycles. The van der Waals surface area contributed by atoms with Gasteiger partial charge in [0, 0.05) is 5.69 Å². The van der Waals surface area contributed by atoms with Gasteiger partial charge in [0.25, 0.3) is 5.91 Å². The number of carbonyl (C=O) groups excluding carboxylic acids is 1. The van der Waals surface area contributed by atoms with Gasteiger partial charge in [0.2, 0.25) is 0 Å². The van der Waals surface area contributed by atoms with Crippen LogP contribution in [0.3, 0.4) is 0 Å². The number of nitrogens with zero attached hydrogens (tertiary/aromatic N) is 1. The Balaban J connectivity index is 1.76. The summed E-state index contributed by atoms with van der Waals surface area (Å²) in [7, 11) is 0. The third kappa shape index (κ3) is 3.31. The summed E-state index contributed by atoms with van der Waals surface area (Å²) >= 11 is 0. The first-order chi connectivity index (χ1) is 13.4. The van der Waals surface area contributed by atoms with E-state index in [9.17, 15) is 18.0 Å². The lowest BCUT2D eigenvalue weighted by atomic mass is 9.97. The number of carbonyl (C=O) groups is 1. The molecule has 1 amide bonds. The summed E-state index contributed by atoms with van der Waals surface area (Å²) in [5, 5.41) is 0. The predicted molar refractivity (Wildman–Crippen MR) is 103 cm³/mol. The van der Waals surface area contributed by atoms with Gasteiger partial charge < -0.3 is 4.90 Å². The molecule has 140 valence electrons. The molecular formula is C23H16F3NO. The summed E-state index contributed by atoms with van der Waals surface area (Å²) in [4.78, 5) is 14.7. The second kappa shape index (κ2) is 7.00. The zero-order chi connectivity index (χ0) is 19.7. The van der Waals surface area contributed by atoms with E-state index in [-0.39, 0.29) is 5.91 Å². The van der Waals surface area contributed by atoms with Crippen LogP contribution in [-0.4, -0.2) is 12.5 Å². The van der Waals surface area contributed by atoms with Crippen LogP contribution >= 0.6 is 0 Å². The molecule has 2 nitrogen and oxygen atoms in total. The molecule has 0 N–H and O–H groups in total. The van der Waals surface area contributed by atoms with E-state index in [1.165, 1.54) is 17.0 Å². The summed E-state index contributed by atoms with van der Waals surface area (Å²) in [6.45, 7) is 0.304. The smallest absolute Gasteiger partial charge is 0.304 e. The molecule has 1 aliphatic rings. The fraction of sp³-hybridized carbons (Fsp3) is 0.0870. The number of rotatable bonds is 3. The summed E-state index contributed by atoms with van der Waals surface area (Å²) in [5.41, 5.74) is 2.85. The first kappa shape index (κ1) is 18.0. The SMILES string of the molecule is O=C1C(c2ccccc2)=C(c2ccccc2)CN1c1ccc(C(F)(F)F)cc1. The van der Waals surface area contributed by atoms with Crippen molar-refractivity contribution in [3.8, 4) is 0 Å². The number of hydrogen-bond acceptors (Lipinski definition) is 1. The van der Waals surface area contributed by atoms with E-state index < -0.39 is 11.7 Å². The average Bonchev–Trinajstić information content (AvgIpc) is 3.06. The van der Waals surface area contributed by atoms with E-state index in [4.69, 9.17) is 0 Å². The van der Waals surface area contributed by atoms with Gasteiger partial charge in [0.05, 0.1) is 17.7 Å². The van der Waals surface area contributed by atoms with Crippen molar-refractivity contribution < 1.29 is 18.0 Å². The minimum atomic E-state index is -4.41. The van der Waals surface area contributed by atoms with Gasteiger partial charge in [-0.25, -0.2) is 0 Å². The molecule has 0 fully saturated rings. The van der Waals surface area contributed by atoms with Crippen LogP contribution in [0.2, 0.25) is 0 Å². The van der Waals surface area contributed by atoms with Crippen LogP contribution in [0.25, 0.3) is 11.1 Å². The van der Waals surface area contributed by atoms with Crippen LogP contribution in [-0.2, 0) is 11.0 Å². The number of benzene rings is 3. The lowest BCUT2D eigenvalue weighted by molar-refractivity contribution is -0.137. The van der Waals surface area contributed by atoms with E-state index in [0.29, 0.717) is 17.8 Å². The monoisotopic (exact) mass is 379 g/mol. The van der Waals surface area contributed by atoms with E-state index in [2.05, 4.69) is 0 Å². The maximum Gasteiger partial charge on any atom is 0.416 e. The van der Waals surface area contributed by atoms with Crippen molar-refractivity contribution in [3.05, 3.63) is 102 Å². The Hall–Kier alpha value is -3.34. The summed E-state index contributed by atoms with van der Waals surface area (Å²) in [6.07, 6.45) is -4.41. The highest BCUT2D eigenvalue weighted by Gasteiger charge is 2.34. The molecule has 1 aliphatic heterocycles. The highest BCUT2D eigenvalue weighted by molar-refractivity contribution is 6.36. The molecule has 28 heavy (non-hydrogen) atoms. The predicted octanol–water partition coefficient (Wildman–Crippen LogP) is 5.66. The fourth-order valence-corrected chi connectivity index (χ4v) is 3.39. The fourth-order valence-electron chi connectivity index (χ4n) is 3.39. The Bertz CT molecular complexity index is 1020. The molecule has 1 heterocycles. The number of amides is 1. The minimum absolute atomic E-state index is 0.218. The van der Waals surface area contributed by atoms with Crippen molar-refractivity contribution in [1.82, 2.24) is 0 Å². The van der Waals surface area contributed by atoms with Crippen molar-refractivity contribution in [3.63, 3.8) is 0 Å². The molecule has 0 radical (unpaired) electrons. The maximum atomic E-state index is 13.2. The van der Waals surface area contributed by atoms with Crippen molar-refractivity contribution in [1.29, 1.82) is 0 Å². The van der Waals surface area contributed by atoms with Crippen molar-refractivity contribution in [2.75, 3.05) is 11.4 Å². The molecule has 3 aromatic rings. The summed E-state index contributed by atoms with van der Waals surface area (Å²) < 4.78 is 38.6. The van der Waals surface area contributed by atoms with E-state index >= 15 is 0 Å². The molecule has 3 aromatic carbocycles. The standard InChI is InChI=1S/C23H16F3NO/c24-23(25,26)18-11-13-19(14-12-18)27-15-20(16-7-3-1-4-8-16)21(22(27)28)17-9-5-2-6-10-17/h1-14H,15H2. The number of anilines is 1. The average molecular weight is 379 g/mol. The quantitative estimate of drug-likeness (QED) is 0.575. The zero-order valence-corrected chi connectivity index (χ0v) is 14.8. The number of halogens is 3. The Kier molecular flexibility index (Phi) is 4.51. The van der Waals surface area contributed by atoms with Gasteiger partial charge >= 0.3 is 6.18 Å². The molecule has 0 atom stereocenters. The number of hydrogen-bond donors (Lipinski definition) is 0. The van der Waals surface area contributed by atoms with Crippen LogP contribution in [0.4, 0.5) is 18.9 Å². The van der Waals surface area contributed by atoms with Gasteiger partial charge in [-0.15, -0.1) is 0 Å². The molecule has 0 spiro atoms. The van der Waals surface area contributed by atoms with Crippen molar-refractivity contribution in [2.45, 2.75) is 6.18 Å². The summed E-state index contributed by atoms with van der Waals surface area (Å²) in [6, 6.07) is 23.6. The topological polar surface area (TPSA) is 20.3 Å². The van der Waals surface area contributed by atoms with Gasteiger partial charge in [0.15, 0.2) is 0 Å². The maximum absolute atomic E-state index is 13.2. The molecule has 0 saturated heterocycles. The normalized spacial score (nSPS) is 14.7. The number of alkyl halides is 3. The molecule has 5 heteroatoms. The Morgan fingerprint density at radius 1 is 0.714 bits per heavy atom. The van der Waals surface area contributed by atoms with Gasteiger partial charge in [-0.2, -0.15) is 13.2 Å².